The number of isocyanates is 2. The third-order valence-corrected chi connectivity index (χ3v) is 5.48. The molecule has 0 bridgehead atoms. The molecule has 12 nitrogen and oxygen atoms in total. The highest BCUT2D eigenvalue weighted by atomic mass is 16.5. The number of carbonyl (C=O) groups excluding carboxylic acids is 4. The quantitative estimate of drug-likeness (QED) is 0.104. The number of carboxylic acids is 2. The minimum atomic E-state index is -2.78. The van der Waals surface area contributed by atoms with Crippen LogP contribution in [-0.2, 0) is 19.2 Å². The fraction of sp³-hybridized carbons (Fsp3) is 0.250. The summed E-state index contributed by atoms with van der Waals surface area (Å²) in [6, 6.07) is 9.58. The van der Waals surface area contributed by atoms with E-state index in [4.69, 9.17) is 0 Å². The fourth-order valence-electron chi connectivity index (χ4n) is 3.84. The molecule has 4 N–H and O–H groups in total. The van der Waals surface area contributed by atoms with Gasteiger partial charge in [0.15, 0.2) is 17.9 Å². The number of carbonyl (C=O) groups is 4. The molecule has 0 aliphatic heterocycles. The Morgan fingerprint density at radius 1 is 0.806 bits per heavy atom. The molecule has 0 spiro atoms. The number of Topliss-reactive ketones (excluding diaryl/α,β-unsaturated/α-hetero) is 2. The molecule has 2 unspecified atom stereocenters. The Kier molecular flexibility index (Phi) is 9.37. The zero-order valence-electron chi connectivity index (χ0n) is 18.5. The van der Waals surface area contributed by atoms with Gasteiger partial charge >= 0.3 is 11.9 Å². The second kappa shape index (κ2) is 12.2. The maximum absolute atomic E-state index is 13.6. The molecule has 36 heavy (non-hydrogen) atoms. The average Bonchev–Trinajstić information content (AvgIpc) is 2.83. The summed E-state index contributed by atoms with van der Waals surface area (Å²) in [7, 11) is 0. The molecule has 2 aromatic carbocycles. The van der Waals surface area contributed by atoms with Gasteiger partial charge in [-0.25, -0.2) is 9.59 Å². The first-order chi connectivity index (χ1) is 17.1. The van der Waals surface area contributed by atoms with E-state index in [1.54, 1.807) is 0 Å². The highest BCUT2D eigenvalue weighted by molar-refractivity contribution is 6.16. The van der Waals surface area contributed by atoms with E-state index in [2.05, 4.69) is 9.98 Å². The van der Waals surface area contributed by atoms with E-state index in [1.807, 2.05) is 0 Å². The van der Waals surface area contributed by atoms with Crippen molar-refractivity contribution in [2.75, 3.05) is 0 Å². The second-order valence-corrected chi connectivity index (χ2v) is 7.64. The van der Waals surface area contributed by atoms with E-state index in [0.29, 0.717) is 0 Å². The third kappa shape index (κ3) is 6.29. The summed E-state index contributed by atoms with van der Waals surface area (Å²) in [5, 5.41) is 38.9. The predicted molar refractivity (Wildman–Crippen MR) is 120 cm³/mol. The monoisotopic (exact) mass is 496 g/mol. The van der Waals surface area contributed by atoms with Crippen LogP contribution in [0.2, 0.25) is 0 Å². The Morgan fingerprint density at radius 2 is 1.28 bits per heavy atom. The Balaban J connectivity index is 2.71. The second-order valence-electron chi connectivity index (χ2n) is 7.64. The molecule has 0 aliphatic rings. The summed E-state index contributed by atoms with van der Waals surface area (Å²) in [5.74, 6) is -7.22. The zero-order chi connectivity index (χ0) is 26.9. The summed E-state index contributed by atoms with van der Waals surface area (Å²) < 4.78 is 0. The maximum atomic E-state index is 13.6. The molecule has 12 heteroatoms. The lowest BCUT2D eigenvalue weighted by molar-refractivity contribution is -0.156. The number of nitrogens with zero attached hydrogens (tertiary/aromatic N) is 2. The van der Waals surface area contributed by atoms with Gasteiger partial charge in [0.25, 0.3) is 0 Å². The Hall–Kier alpha value is -4.60. The maximum Gasteiger partial charge on any atom is 0.318 e. The van der Waals surface area contributed by atoms with E-state index in [1.165, 1.54) is 48.6 Å². The topological polar surface area (TPSA) is 208 Å². The summed E-state index contributed by atoms with van der Waals surface area (Å²) in [6.07, 6.45) is -2.20. The standard InChI is InChI=1S/C24H20N2O10/c27-12-25-16-5-1-14(2-6-16)21(33)18(9-10-19(29)30)24(23(35)36,11-20(31)32)22(34)15-3-7-17(8-4-15)26-13-28/h1-8,18,20,31-32H,9-11H2,(H,29,30)(H,35,36). The largest absolute Gasteiger partial charge is 0.481 e. The summed E-state index contributed by atoms with van der Waals surface area (Å²) >= 11 is 0. The number of carboxylic acid groups (broad SMARTS) is 2. The Labute approximate surface area is 203 Å². The lowest BCUT2D eigenvalue weighted by Gasteiger charge is -2.35. The van der Waals surface area contributed by atoms with Crippen LogP contribution in [0.3, 0.4) is 0 Å². The van der Waals surface area contributed by atoms with E-state index in [-0.39, 0.29) is 22.5 Å². The van der Waals surface area contributed by atoms with Crippen molar-refractivity contribution in [3.05, 3.63) is 59.7 Å². The first-order valence-corrected chi connectivity index (χ1v) is 10.3. The molecule has 186 valence electrons. The van der Waals surface area contributed by atoms with Crippen molar-refractivity contribution in [3.63, 3.8) is 0 Å². The normalized spacial score (nSPS) is 13.0. The minimum absolute atomic E-state index is 0.0984. The number of aliphatic imine (C=N–C) groups is 2. The van der Waals surface area contributed by atoms with Crippen LogP contribution in [0.5, 0.6) is 0 Å². The first-order valence-electron chi connectivity index (χ1n) is 10.3. The summed E-state index contributed by atoms with van der Waals surface area (Å²) in [6.45, 7) is 0. The predicted octanol–water partition coefficient (Wildman–Crippen LogP) is 1.94. The summed E-state index contributed by atoms with van der Waals surface area (Å²) in [5.41, 5.74) is -2.94. The molecule has 0 heterocycles. The number of ketones is 2. The average molecular weight is 496 g/mol. The lowest BCUT2D eigenvalue weighted by atomic mass is 9.64. The van der Waals surface area contributed by atoms with Crippen LogP contribution in [0.4, 0.5) is 11.4 Å². The minimum Gasteiger partial charge on any atom is -0.481 e. The molecular formula is C24H20N2O10. The Morgan fingerprint density at radius 3 is 1.67 bits per heavy atom. The van der Waals surface area contributed by atoms with Crippen LogP contribution in [0.15, 0.2) is 58.5 Å². The lowest BCUT2D eigenvalue weighted by Crippen LogP contribution is -2.51. The van der Waals surface area contributed by atoms with Gasteiger partial charge in [0, 0.05) is 29.9 Å². The van der Waals surface area contributed by atoms with Gasteiger partial charge in [0.05, 0.1) is 11.4 Å². The number of rotatable bonds is 13. The van der Waals surface area contributed by atoms with Crippen molar-refractivity contribution < 1.29 is 49.2 Å². The molecule has 0 saturated heterocycles. The molecule has 2 atom stereocenters. The van der Waals surface area contributed by atoms with E-state index in [0.717, 1.165) is 12.1 Å². The SMILES string of the molecule is O=C=Nc1ccc(C(=O)C(CCC(=O)O)C(CC(O)O)(C(=O)O)C(=O)c2ccc(N=C=O)cc2)cc1. The van der Waals surface area contributed by atoms with Crippen LogP contribution in [-0.4, -0.2) is 62.4 Å². The number of benzene rings is 2. The van der Waals surface area contributed by atoms with Crippen molar-refractivity contribution in [2.24, 2.45) is 21.3 Å². The zero-order valence-corrected chi connectivity index (χ0v) is 18.5. The molecule has 0 aliphatic carbocycles. The van der Waals surface area contributed by atoms with Crippen molar-refractivity contribution in [1.29, 1.82) is 0 Å². The van der Waals surface area contributed by atoms with E-state index in [9.17, 15) is 49.2 Å². The molecule has 0 radical (unpaired) electrons. The van der Waals surface area contributed by atoms with Gasteiger partial charge in [-0.05, 0) is 55.0 Å². The van der Waals surface area contributed by atoms with Gasteiger partial charge in [0.1, 0.15) is 5.41 Å². The van der Waals surface area contributed by atoms with Gasteiger partial charge in [-0.2, -0.15) is 9.98 Å². The van der Waals surface area contributed by atoms with Crippen LogP contribution in [0, 0.1) is 11.3 Å². The van der Waals surface area contributed by atoms with Crippen molar-refractivity contribution >= 4 is 47.0 Å². The van der Waals surface area contributed by atoms with Crippen LogP contribution in [0.1, 0.15) is 40.0 Å². The molecule has 2 rings (SSSR count). The van der Waals surface area contributed by atoms with E-state index >= 15 is 0 Å². The van der Waals surface area contributed by atoms with Crippen LogP contribution in [0.25, 0.3) is 0 Å². The molecule has 0 fully saturated rings. The molecule has 0 saturated carbocycles. The van der Waals surface area contributed by atoms with Crippen molar-refractivity contribution in [3.8, 4) is 0 Å². The van der Waals surface area contributed by atoms with Crippen LogP contribution >= 0.6 is 0 Å². The highest BCUT2D eigenvalue weighted by Crippen LogP contribution is 2.42. The number of aliphatic hydroxyl groups excluding tert-OH is 1. The van der Waals surface area contributed by atoms with Gasteiger partial charge in [0.2, 0.25) is 12.2 Å². The number of aliphatic hydroxyl groups is 2. The summed E-state index contributed by atoms with van der Waals surface area (Å²) in [4.78, 5) is 78.7. The van der Waals surface area contributed by atoms with Crippen molar-refractivity contribution in [2.45, 2.75) is 25.6 Å². The van der Waals surface area contributed by atoms with Crippen molar-refractivity contribution in [1.82, 2.24) is 0 Å². The van der Waals surface area contributed by atoms with E-state index < -0.39 is 60.4 Å². The molecule has 0 amide bonds. The van der Waals surface area contributed by atoms with Gasteiger partial charge in [-0.1, -0.05) is 0 Å². The molecule has 0 aromatic heterocycles. The fourth-order valence-corrected chi connectivity index (χ4v) is 3.84. The number of hydrogen-bond donors (Lipinski definition) is 4. The first kappa shape index (κ1) is 27.6. The van der Waals surface area contributed by atoms with Gasteiger partial charge in [-0.15, -0.1) is 0 Å². The third-order valence-electron chi connectivity index (χ3n) is 5.48. The highest BCUT2D eigenvalue weighted by Gasteiger charge is 2.56. The van der Waals surface area contributed by atoms with Crippen LogP contribution < -0.4 is 0 Å². The molecular weight excluding hydrogens is 476 g/mol. The molecule has 2 aromatic rings. The Bertz CT molecular complexity index is 1240. The number of aliphatic carboxylic acids is 2. The van der Waals surface area contributed by atoms with Gasteiger partial charge in [-0.3, -0.25) is 19.2 Å². The number of hydrogen-bond acceptors (Lipinski definition) is 10. The van der Waals surface area contributed by atoms with Gasteiger partial charge < -0.3 is 20.4 Å². The smallest absolute Gasteiger partial charge is 0.318 e.